The van der Waals surface area contributed by atoms with Crippen molar-refractivity contribution in [2.24, 2.45) is 27.7 Å². The van der Waals surface area contributed by atoms with Crippen LogP contribution in [0, 0.1) is 11.8 Å². The molecule has 11 heteroatoms. The van der Waals surface area contributed by atoms with Crippen LogP contribution in [0.5, 0.6) is 0 Å². The highest BCUT2D eigenvalue weighted by molar-refractivity contribution is 7.90. The molecule has 8 nitrogen and oxygen atoms in total. The third kappa shape index (κ3) is 5.97. The number of nitrogens with zero attached hydrogens (tertiary/aromatic N) is 3. The van der Waals surface area contributed by atoms with Crippen LogP contribution in [0.15, 0.2) is 76.2 Å². The summed E-state index contributed by atoms with van der Waals surface area (Å²) < 4.78 is 28.7. The molecule has 0 bridgehead atoms. The van der Waals surface area contributed by atoms with Gasteiger partial charge in [0.1, 0.15) is 6.04 Å². The molecule has 2 atom stereocenters. The van der Waals surface area contributed by atoms with E-state index in [4.69, 9.17) is 28.9 Å². The number of amides is 1. The van der Waals surface area contributed by atoms with Crippen LogP contribution in [0.2, 0.25) is 10.0 Å². The first kappa shape index (κ1) is 25.7. The van der Waals surface area contributed by atoms with Crippen LogP contribution in [-0.2, 0) is 14.8 Å². The lowest BCUT2D eigenvalue weighted by atomic mass is 9.98. The van der Waals surface area contributed by atoms with E-state index in [2.05, 4.69) is 21.4 Å². The van der Waals surface area contributed by atoms with E-state index >= 15 is 0 Å². The summed E-state index contributed by atoms with van der Waals surface area (Å²) in [6.07, 6.45) is 1.72. The topological polar surface area (TPSA) is 117 Å². The Hall–Kier alpha value is -2.88. The van der Waals surface area contributed by atoms with Gasteiger partial charge >= 0.3 is 0 Å². The molecule has 2 aromatic rings. The molecule has 1 amide bonds. The number of hydrogen-bond donors (Lipinski definition) is 2. The number of hydrazone groups is 1. The van der Waals surface area contributed by atoms with Gasteiger partial charge in [-0.05, 0) is 47.9 Å². The summed E-state index contributed by atoms with van der Waals surface area (Å²) in [5, 5.41) is 6.99. The number of benzene rings is 2. The lowest BCUT2D eigenvalue weighted by Gasteiger charge is -2.22. The second kappa shape index (κ2) is 10.6. The lowest BCUT2D eigenvalue weighted by molar-refractivity contribution is -0.120. The van der Waals surface area contributed by atoms with Crippen LogP contribution < -0.4 is 10.5 Å². The highest BCUT2D eigenvalue weighted by atomic mass is 35.5. The minimum absolute atomic E-state index is 0.0221. The van der Waals surface area contributed by atoms with Crippen molar-refractivity contribution in [3.8, 4) is 0 Å². The highest BCUT2D eigenvalue weighted by Crippen LogP contribution is 2.23. The van der Waals surface area contributed by atoms with E-state index in [0.29, 0.717) is 15.8 Å². The fourth-order valence-corrected chi connectivity index (χ4v) is 4.60. The monoisotopic (exact) mass is 521 g/mol. The summed E-state index contributed by atoms with van der Waals surface area (Å²) in [6.45, 7) is 7.67. The summed E-state index contributed by atoms with van der Waals surface area (Å²) in [5.41, 5.74) is 7.00. The van der Waals surface area contributed by atoms with Crippen molar-refractivity contribution in [2.45, 2.75) is 24.8 Å². The second-order valence-corrected chi connectivity index (χ2v) is 10.6. The number of nitrogens with one attached hydrogen (secondary N) is 1. The van der Waals surface area contributed by atoms with Crippen molar-refractivity contribution in [1.82, 2.24) is 9.73 Å². The molecule has 3 N–H and O–H groups in total. The Bertz CT molecular complexity index is 1230. The van der Waals surface area contributed by atoms with Crippen LogP contribution in [0.25, 0.3) is 0 Å². The van der Waals surface area contributed by atoms with Gasteiger partial charge < -0.3 is 5.73 Å². The van der Waals surface area contributed by atoms with Crippen molar-refractivity contribution >= 4 is 50.8 Å². The Morgan fingerprint density at radius 2 is 1.74 bits per heavy atom. The Balaban J connectivity index is 2.06. The van der Waals surface area contributed by atoms with E-state index in [-0.39, 0.29) is 29.2 Å². The zero-order valence-corrected chi connectivity index (χ0v) is 21.0. The van der Waals surface area contributed by atoms with E-state index in [1.807, 2.05) is 12.1 Å². The Kier molecular flexibility index (Phi) is 8.01. The first-order chi connectivity index (χ1) is 16.0. The summed E-state index contributed by atoms with van der Waals surface area (Å²) in [4.78, 5) is 16.4. The van der Waals surface area contributed by atoms with Gasteiger partial charge in [0.2, 0.25) is 11.9 Å². The van der Waals surface area contributed by atoms with Crippen molar-refractivity contribution in [1.29, 1.82) is 0 Å². The first-order valence-corrected chi connectivity index (χ1v) is 12.7. The molecule has 180 valence electrons. The molecule has 0 saturated heterocycles. The Morgan fingerprint density at radius 3 is 2.24 bits per heavy atom. The van der Waals surface area contributed by atoms with E-state index in [1.54, 1.807) is 32.1 Å². The standard InChI is InChI=1S/C23H25Cl2N5O3S/c1-4-15-13-30(28-21(15)16-5-7-17(24)8-6-16)23(27-20(14(2)3)22(26)31)29-34(32,33)19-11-9-18(25)10-12-19/h4-12,14-15,20H,1,13H2,2-3H3,(H2,26,31)(H,27,29)/t15-,20-/m1/s1. The van der Waals surface area contributed by atoms with Gasteiger partial charge in [0.25, 0.3) is 10.0 Å². The summed E-state index contributed by atoms with van der Waals surface area (Å²) in [5.74, 6) is -1.30. The maximum absolute atomic E-state index is 13.1. The van der Waals surface area contributed by atoms with E-state index in [0.717, 1.165) is 5.56 Å². The molecule has 3 rings (SSSR count). The maximum atomic E-state index is 13.1. The number of hydrogen-bond acceptors (Lipinski definition) is 5. The first-order valence-electron chi connectivity index (χ1n) is 10.4. The van der Waals surface area contributed by atoms with Gasteiger partial charge in [-0.3, -0.25) is 4.79 Å². The minimum atomic E-state index is -4.07. The predicted octanol–water partition coefficient (Wildman–Crippen LogP) is 3.66. The SMILES string of the molecule is C=C[C@@H]1CN(C(=N[C@@H](C(N)=O)C(C)C)NS(=O)(=O)c2ccc(Cl)cc2)N=C1c1ccc(Cl)cc1. The summed E-state index contributed by atoms with van der Waals surface area (Å²) in [6, 6.07) is 11.8. The number of guanidine groups is 1. The zero-order chi connectivity index (χ0) is 25.0. The van der Waals surface area contributed by atoms with Gasteiger partial charge in [0.05, 0.1) is 17.2 Å². The third-order valence-electron chi connectivity index (χ3n) is 5.15. The van der Waals surface area contributed by atoms with E-state index in [1.165, 1.54) is 29.3 Å². The number of nitrogens with two attached hydrogens (primary N) is 1. The third-order valence-corrected chi connectivity index (χ3v) is 7.00. The summed E-state index contributed by atoms with van der Waals surface area (Å²) in [7, 11) is -4.07. The average Bonchev–Trinajstić information content (AvgIpc) is 3.21. The average molecular weight is 522 g/mol. The van der Waals surface area contributed by atoms with Crippen LogP contribution in [-0.4, -0.2) is 43.6 Å². The van der Waals surface area contributed by atoms with E-state index in [9.17, 15) is 13.2 Å². The Labute approximate surface area is 209 Å². The molecule has 34 heavy (non-hydrogen) atoms. The van der Waals surface area contributed by atoms with Crippen molar-refractivity contribution < 1.29 is 13.2 Å². The fraction of sp³-hybridized carbons (Fsp3) is 0.261. The minimum Gasteiger partial charge on any atom is -0.368 e. The van der Waals surface area contributed by atoms with Crippen molar-refractivity contribution in [3.05, 3.63) is 76.8 Å². The van der Waals surface area contributed by atoms with Crippen LogP contribution in [0.4, 0.5) is 0 Å². The normalized spacial score (nSPS) is 17.4. The smallest absolute Gasteiger partial charge is 0.264 e. The van der Waals surface area contributed by atoms with E-state index < -0.39 is 22.0 Å². The maximum Gasteiger partial charge on any atom is 0.264 e. The second-order valence-electron chi connectivity index (χ2n) is 8.02. The Morgan fingerprint density at radius 1 is 1.18 bits per heavy atom. The van der Waals surface area contributed by atoms with Gasteiger partial charge in [-0.1, -0.05) is 55.3 Å². The van der Waals surface area contributed by atoms with Gasteiger partial charge in [-0.15, -0.1) is 6.58 Å². The fourth-order valence-electron chi connectivity index (χ4n) is 3.34. The van der Waals surface area contributed by atoms with Crippen molar-refractivity contribution in [2.75, 3.05) is 6.54 Å². The zero-order valence-electron chi connectivity index (χ0n) is 18.7. The van der Waals surface area contributed by atoms with Crippen LogP contribution >= 0.6 is 23.2 Å². The number of carbonyl (C=O) groups is 1. The molecular formula is C23H25Cl2N5O3S. The van der Waals surface area contributed by atoms with Crippen LogP contribution in [0.3, 0.4) is 0 Å². The number of aliphatic imine (C=N–C) groups is 1. The molecule has 0 fully saturated rings. The van der Waals surface area contributed by atoms with Crippen LogP contribution in [0.1, 0.15) is 19.4 Å². The quantitative estimate of drug-likeness (QED) is 0.328. The lowest BCUT2D eigenvalue weighted by Crippen LogP contribution is -2.44. The number of halogens is 2. The molecular weight excluding hydrogens is 497 g/mol. The highest BCUT2D eigenvalue weighted by Gasteiger charge is 2.32. The van der Waals surface area contributed by atoms with Crippen molar-refractivity contribution in [3.63, 3.8) is 0 Å². The molecule has 1 aliphatic heterocycles. The molecule has 0 saturated carbocycles. The molecule has 1 heterocycles. The molecule has 0 spiro atoms. The molecule has 0 unspecified atom stereocenters. The number of primary amides is 1. The van der Waals surface area contributed by atoms with Gasteiger partial charge in [-0.25, -0.2) is 23.1 Å². The molecule has 0 aromatic heterocycles. The predicted molar refractivity (Wildman–Crippen MR) is 135 cm³/mol. The van der Waals surface area contributed by atoms with Gasteiger partial charge in [-0.2, -0.15) is 5.10 Å². The molecule has 2 aromatic carbocycles. The number of sulfonamides is 1. The summed E-state index contributed by atoms with van der Waals surface area (Å²) >= 11 is 11.9. The van der Waals surface area contributed by atoms with Gasteiger partial charge in [0.15, 0.2) is 0 Å². The number of rotatable bonds is 7. The molecule has 1 aliphatic rings. The largest absolute Gasteiger partial charge is 0.368 e. The molecule has 0 aliphatic carbocycles. The number of carbonyl (C=O) groups excluding carboxylic acids is 1. The molecule has 0 radical (unpaired) electrons. The van der Waals surface area contributed by atoms with Gasteiger partial charge in [0, 0.05) is 16.0 Å².